The highest BCUT2D eigenvalue weighted by Gasteiger charge is 1.88. The largest absolute Gasteiger partial charge is 0.392 e. The van der Waals surface area contributed by atoms with Gasteiger partial charge in [-0.25, -0.2) is 0 Å². The number of unbranched alkanes of at least 4 members (excludes halogenated alkanes) is 4. The molecule has 13 heavy (non-hydrogen) atoms. The third kappa shape index (κ3) is 11.7. The van der Waals surface area contributed by atoms with Crippen molar-refractivity contribution in [2.45, 2.75) is 39.0 Å². The molecule has 0 bridgehead atoms. The molecular formula is C11H22O2. The molecule has 2 nitrogen and oxygen atoms in total. The first kappa shape index (κ1) is 12.7. The van der Waals surface area contributed by atoms with Gasteiger partial charge in [0.25, 0.3) is 0 Å². The van der Waals surface area contributed by atoms with Gasteiger partial charge in [0.05, 0.1) is 13.2 Å². The molecule has 0 aromatic carbocycles. The van der Waals surface area contributed by atoms with Gasteiger partial charge in [0.2, 0.25) is 0 Å². The van der Waals surface area contributed by atoms with Crippen LogP contribution in [0.15, 0.2) is 12.2 Å². The van der Waals surface area contributed by atoms with Crippen LogP contribution in [-0.2, 0) is 4.74 Å². The predicted molar refractivity (Wildman–Crippen MR) is 55.8 cm³/mol. The third-order valence-corrected chi connectivity index (χ3v) is 1.88. The van der Waals surface area contributed by atoms with Crippen molar-refractivity contribution in [3.05, 3.63) is 12.2 Å². The number of ether oxygens (including phenoxy) is 1. The molecule has 0 aliphatic heterocycles. The van der Waals surface area contributed by atoms with E-state index in [1.54, 1.807) is 6.08 Å². The number of hydrogen-bond acceptors (Lipinski definition) is 2. The van der Waals surface area contributed by atoms with E-state index < -0.39 is 0 Å². The maximum Gasteiger partial charge on any atom is 0.0648 e. The van der Waals surface area contributed by atoms with E-state index in [9.17, 15) is 0 Å². The van der Waals surface area contributed by atoms with E-state index in [2.05, 4.69) is 6.92 Å². The van der Waals surface area contributed by atoms with Gasteiger partial charge in [-0.1, -0.05) is 44.8 Å². The summed E-state index contributed by atoms with van der Waals surface area (Å²) in [5.41, 5.74) is 0. The molecule has 0 rings (SSSR count). The Labute approximate surface area is 81.6 Å². The minimum Gasteiger partial charge on any atom is -0.392 e. The summed E-state index contributed by atoms with van der Waals surface area (Å²) in [6.07, 6.45) is 9.95. The van der Waals surface area contributed by atoms with Crippen molar-refractivity contribution in [3.63, 3.8) is 0 Å². The van der Waals surface area contributed by atoms with Crippen LogP contribution in [0, 0.1) is 0 Å². The summed E-state index contributed by atoms with van der Waals surface area (Å²) in [6.45, 7) is 3.81. The fourth-order valence-corrected chi connectivity index (χ4v) is 1.10. The Kier molecular flexibility index (Phi) is 11.4. The topological polar surface area (TPSA) is 29.5 Å². The molecule has 0 aliphatic carbocycles. The molecule has 0 aliphatic rings. The Hall–Kier alpha value is -0.340. The molecule has 78 valence electrons. The summed E-state index contributed by atoms with van der Waals surface area (Å²) in [6, 6.07) is 0. The van der Waals surface area contributed by atoms with Crippen LogP contribution >= 0.6 is 0 Å². The van der Waals surface area contributed by atoms with E-state index in [0.29, 0.717) is 6.61 Å². The molecular weight excluding hydrogens is 164 g/mol. The fourth-order valence-electron chi connectivity index (χ4n) is 1.10. The number of aliphatic hydroxyl groups excluding tert-OH is 1. The standard InChI is InChI=1S/C11H22O2/c1-2-3-4-5-7-10-13-11-8-6-9-12/h6,8,12H,2-5,7,9-11H2,1H3/b8-6-. The van der Waals surface area contributed by atoms with Gasteiger partial charge >= 0.3 is 0 Å². The van der Waals surface area contributed by atoms with Crippen LogP contribution in [0.4, 0.5) is 0 Å². The lowest BCUT2D eigenvalue weighted by molar-refractivity contribution is 0.156. The van der Waals surface area contributed by atoms with Gasteiger partial charge in [0.15, 0.2) is 0 Å². The van der Waals surface area contributed by atoms with Gasteiger partial charge in [-0.3, -0.25) is 0 Å². The summed E-state index contributed by atoms with van der Waals surface area (Å²) in [7, 11) is 0. The zero-order chi connectivity index (χ0) is 9.78. The molecule has 0 heterocycles. The molecule has 2 heteroatoms. The summed E-state index contributed by atoms with van der Waals surface area (Å²) < 4.78 is 5.32. The maximum atomic E-state index is 8.42. The fraction of sp³-hybridized carbons (Fsp3) is 0.818. The maximum absolute atomic E-state index is 8.42. The molecule has 0 radical (unpaired) electrons. The van der Waals surface area contributed by atoms with Crippen LogP contribution in [0.1, 0.15) is 39.0 Å². The van der Waals surface area contributed by atoms with Gasteiger partial charge in [0, 0.05) is 6.61 Å². The van der Waals surface area contributed by atoms with E-state index in [1.165, 1.54) is 25.7 Å². The Morgan fingerprint density at radius 3 is 2.54 bits per heavy atom. The van der Waals surface area contributed by atoms with Gasteiger partial charge in [0.1, 0.15) is 0 Å². The van der Waals surface area contributed by atoms with Crippen molar-refractivity contribution in [2.75, 3.05) is 19.8 Å². The highest BCUT2D eigenvalue weighted by atomic mass is 16.5. The Morgan fingerprint density at radius 2 is 1.85 bits per heavy atom. The molecule has 0 atom stereocenters. The van der Waals surface area contributed by atoms with Crippen molar-refractivity contribution in [1.29, 1.82) is 0 Å². The van der Waals surface area contributed by atoms with Crippen molar-refractivity contribution in [2.24, 2.45) is 0 Å². The first-order valence-electron chi connectivity index (χ1n) is 5.25. The normalized spacial score (nSPS) is 11.2. The summed E-state index contributed by atoms with van der Waals surface area (Å²) in [4.78, 5) is 0. The average molecular weight is 186 g/mol. The van der Waals surface area contributed by atoms with E-state index in [-0.39, 0.29) is 6.61 Å². The summed E-state index contributed by atoms with van der Waals surface area (Å²) in [5.74, 6) is 0. The van der Waals surface area contributed by atoms with E-state index in [0.717, 1.165) is 13.0 Å². The Bertz CT molecular complexity index is 111. The number of aliphatic hydroxyl groups is 1. The number of hydrogen-bond donors (Lipinski definition) is 1. The van der Waals surface area contributed by atoms with Gasteiger partial charge in [-0.15, -0.1) is 0 Å². The van der Waals surface area contributed by atoms with Crippen molar-refractivity contribution < 1.29 is 9.84 Å². The molecule has 0 saturated carbocycles. The second kappa shape index (κ2) is 11.7. The van der Waals surface area contributed by atoms with Crippen molar-refractivity contribution in [3.8, 4) is 0 Å². The smallest absolute Gasteiger partial charge is 0.0648 e. The Morgan fingerprint density at radius 1 is 1.08 bits per heavy atom. The van der Waals surface area contributed by atoms with Gasteiger partial charge in [-0.05, 0) is 6.42 Å². The first-order chi connectivity index (χ1) is 6.41. The van der Waals surface area contributed by atoms with E-state index >= 15 is 0 Å². The molecule has 0 aromatic rings. The highest BCUT2D eigenvalue weighted by Crippen LogP contribution is 2.02. The molecule has 1 N–H and O–H groups in total. The lowest BCUT2D eigenvalue weighted by Gasteiger charge is -2.00. The van der Waals surface area contributed by atoms with E-state index in [1.807, 2.05) is 6.08 Å². The summed E-state index contributed by atoms with van der Waals surface area (Å²) >= 11 is 0. The second-order valence-electron chi connectivity index (χ2n) is 3.14. The monoisotopic (exact) mass is 186 g/mol. The average Bonchev–Trinajstić information content (AvgIpc) is 2.16. The SMILES string of the molecule is CCCCCCCOC/C=C\CO. The molecule has 0 fully saturated rings. The zero-order valence-electron chi connectivity index (χ0n) is 8.67. The molecule has 0 amide bonds. The molecule has 0 unspecified atom stereocenters. The number of rotatable bonds is 9. The quantitative estimate of drug-likeness (QED) is 0.443. The minimum absolute atomic E-state index is 0.111. The minimum atomic E-state index is 0.111. The summed E-state index contributed by atoms with van der Waals surface area (Å²) in [5, 5.41) is 8.42. The second-order valence-corrected chi connectivity index (χ2v) is 3.14. The van der Waals surface area contributed by atoms with Crippen molar-refractivity contribution >= 4 is 0 Å². The predicted octanol–water partition coefficient (Wildman–Crippen LogP) is 2.52. The first-order valence-corrected chi connectivity index (χ1v) is 5.25. The van der Waals surface area contributed by atoms with E-state index in [4.69, 9.17) is 9.84 Å². The van der Waals surface area contributed by atoms with Crippen LogP contribution in [0.2, 0.25) is 0 Å². The molecule has 0 saturated heterocycles. The van der Waals surface area contributed by atoms with Crippen LogP contribution in [0.3, 0.4) is 0 Å². The zero-order valence-corrected chi connectivity index (χ0v) is 8.67. The van der Waals surface area contributed by atoms with Crippen LogP contribution in [-0.4, -0.2) is 24.9 Å². The van der Waals surface area contributed by atoms with Crippen molar-refractivity contribution in [1.82, 2.24) is 0 Å². The lowest BCUT2D eigenvalue weighted by atomic mass is 10.2. The highest BCUT2D eigenvalue weighted by molar-refractivity contribution is 4.80. The van der Waals surface area contributed by atoms with Crippen LogP contribution < -0.4 is 0 Å². The van der Waals surface area contributed by atoms with Gasteiger partial charge in [-0.2, -0.15) is 0 Å². The van der Waals surface area contributed by atoms with Crippen LogP contribution in [0.25, 0.3) is 0 Å². The lowest BCUT2D eigenvalue weighted by Crippen LogP contribution is -1.94. The Balaban J connectivity index is 2.87. The third-order valence-electron chi connectivity index (χ3n) is 1.88. The molecule has 0 spiro atoms. The molecule has 0 aromatic heterocycles. The van der Waals surface area contributed by atoms with Gasteiger partial charge < -0.3 is 9.84 Å². The van der Waals surface area contributed by atoms with Crippen LogP contribution in [0.5, 0.6) is 0 Å².